The molecule has 166 valence electrons. The number of nitrogens with one attached hydrogen (secondary N) is 1. The highest BCUT2D eigenvalue weighted by atomic mass is 35.5. The lowest BCUT2D eigenvalue weighted by molar-refractivity contribution is -0.0462. The first-order chi connectivity index (χ1) is 15.0. The molecule has 0 spiro atoms. The van der Waals surface area contributed by atoms with Crippen LogP contribution in [0.1, 0.15) is 29.3 Å². The third kappa shape index (κ3) is 5.32. The van der Waals surface area contributed by atoms with Crippen LogP contribution in [0.4, 0.5) is 5.69 Å². The molecular weight excluding hydrogens is 414 g/mol. The number of benzene rings is 2. The van der Waals surface area contributed by atoms with Crippen LogP contribution in [0.3, 0.4) is 0 Å². The van der Waals surface area contributed by atoms with Crippen molar-refractivity contribution in [2.24, 2.45) is 5.92 Å². The number of nitrogens with two attached hydrogens (primary N) is 1. The lowest BCUT2D eigenvalue weighted by Gasteiger charge is -2.35. The number of amides is 1. The number of fused-ring (bicyclic) bond motifs is 1. The molecule has 0 aliphatic carbocycles. The number of carbonyl (C=O) groups excluding carboxylic acids is 1. The molecule has 6 nitrogen and oxygen atoms in total. The summed E-state index contributed by atoms with van der Waals surface area (Å²) in [5.41, 5.74) is 8.02. The molecule has 31 heavy (non-hydrogen) atoms. The van der Waals surface area contributed by atoms with Crippen molar-refractivity contribution in [2.75, 3.05) is 38.6 Å². The van der Waals surface area contributed by atoms with Gasteiger partial charge in [-0.1, -0.05) is 41.9 Å². The number of anilines is 1. The van der Waals surface area contributed by atoms with E-state index in [2.05, 4.69) is 40.5 Å². The number of carbonyl (C=O) groups is 1. The highest BCUT2D eigenvalue weighted by molar-refractivity contribution is 6.33. The minimum absolute atomic E-state index is 0.0320. The fraction of sp³-hybridized carbons (Fsp3) is 0.458. The summed E-state index contributed by atoms with van der Waals surface area (Å²) in [5.74, 6) is 0.851. The summed E-state index contributed by atoms with van der Waals surface area (Å²) in [5, 5.41) is 3.31. The highest BCUT2D eigenvalue weighted by Crippen LogP contribution is 2.31. The van der Waals surface area contributed by atoms with Crippen LogP contribution in [0.2, 0.25) is 5.02 Å². The average Bonchev–Trinajstić information content (AvgIpc) is 3.16. The Labute approximate surface area is 188 Å². The quantitative estimate of drug-likeness (QED) is 0.641. The molecule has 0 aromatic heterocycles. The van der Waals surface area contributed by atoms with E-state index < -0.39 is 0 Å². The molecule has 0 radical (unpaired) electrons. The van der Waals surface area contributed by atoms with Crippen LogP contribution in [0.15, 0.2) is 42.5 Å². The van der Waals surface area contributed by atoms with Gasteiger partial charge in [0.15, 0.2) is 0 Å². The zero-order valence-electron chi connectivity index (χ0n) is 17.9. The number of hydrogen-bond donors (Lipinski definition) is 2. The van der Waals surface area contributed by atoms with Crippen LogP contribution < -0.4 is 15.8 Å². The molecule has 2 saturated heterocycles. The van der Waals surface area contributed by atoms with Crippen molar-refractivity contribution in [1.29, 1.82) is 0 Å². The van der Waals surface area contributed by atoms with Crippen LogP contribution in [-0.2, 0) is 11.2 Å². The zero-order chi connectivity index (χ0) is 21.8. The predicted octanol–water partition coefficient (Wildman–Crippen LogP) is 3.38. The molecule has 2 fully saturated rings. The molecular formula is C24H30ClN3O3. The van der Waals surface area contributed by atoms with Gasteiger partial charge >= 0.3 is 0 Å². The van der Waals surface area contributed by atoms with E-state index in [1.165, 1.54) is 5.56 Å². The van der Waals surface area contributed by atoms with E-state index in [1.807, 2.05) is 6.92 Å². The minimum atomic E-state index is -0.237. The van der Waals surface area contributed by atoms with Gasteiger partial charge in [0.05, 0.1) is 35.6 Å². The first-order valence-electron chi connectivity index (χ1n) is 10.9. The van der Waals surface area contributed by atoms with Gasteiger partial charge in [0.25, 0.3) is 5.91 Å². The van der Waals surface area contributed by atoms with Gasteiger partial charge in [-0.25, -0.2) is 0 Å². The van der Waals surface area contributed by atoms with E-state index in [4.69, 9.17) is 26.8 Å². The van der Waals surface area contributed by atoms with Gasteiger partial charge < -0.3 is 20.5 Å². The molecule has 3 atom stereocenters. The van der Waals surface area contributed by atoms with Crippen molar-refractivity contribution in [3.05, 3.63) is 58.6 Å². The topological polar surface area (TPSA) is 76.8 Å². The van der Waals surface area contributed by atoms with E-state index in [9.17, 15) is 4.79 Å². The predicted molar refractivity (Wildman–Crippen MR) is 123 cm³/mol. The van der Waals surface area contributed by atoms with Crippen LogP contribution in [-0.4, -0.2) is 55.8 Å². The van der Waals surface area contributed by atoms with Crippen LogP contribution in [0, 0.1) is 5.92 Å². The fourth-order valence-corrected chi connectivity index (χ4v) is 4.75. The third-order valence-corrected chi connectivity index (χ3v) is 6.41. The summed E-state index contributed by atoms with van der Waals surface area (Å²) in [7, 11) is 0. The van der Waals surface area contributed by atoms with Crippen LogP contribution in [0.25, 0.3) is 0 Å². The van der Waals surface area contributed by atoms with E-state index >= 15 is 0 Å². The number of nitrogen functional groups attached to an aromatic ring is 1. The van der Waals surface area contributed by atoms with Crippen LogP contribution >= 0.6 is 11.6 Å². The minimum Gasteiger partial charge on any atom is -0.493 e. The second-order valence-corrected chi connectivity index (χ2v) is 8.77. The lowest BCUT2D eigenvalue weighted by atomic mass is 9.97. The van der Waals surface area contributed by atoms with Crippen molar-refractivity contribution in [2.45, 2.75) is 31.9 Å². The maximum Gasteiger partial charge on any atom is 0.255 e. The maximum absolute atomic E-state index is 12.8. The van der Waals surface area contributed by atoms with E-state index in [1.54, 1.807) is 12.1 Å². The van der Waals surface area contributed by atoms with Gasteiger partial charge in [-0.3, -0.25) is 9.69 Å². The normalized spacial score (nSPS) is 23.4. The molecule has 0 saturated carbocycles. The molecule has 2 aliphatic rings. The Morgan fingerprint density at radius 1 is 1.29 bits per heavy atom. The molecule has 0 unspecified atom stereocenters. The Kier molecular flexibility index (Phi) is 7.00. The van der Waals surface area contributed by atoms with Crippen molar-refractivity contribution in [3.63, 3.8) is 0 Å². The van der Waals surface area contributed by atoms with Gasteiger partial charge in [0, 0.05) is 31.7 Å². The third-order valence-electron chi connectivity index (χ3n) is 6.08. The SMILES string of the molecule is CCOc1cc(N)c(Cl)cc1C(=O)NC[C@H]1CN2C[C@@H](Cc3ccccc3)C[C@@H]2CO1. The lowest BCUT2D eigenvalue weighted by Crippen LogP contribution is -2.50. The highest BCUT2D eigenvalue weighted by Gasteiger charge is 2.37. The molecule has 2 aromatic carbocycles. The summed E-state index contributed by atoms with van der Waals surface area (Å²) >= 11 is 6.12. The number of hydrogen-bond acceptors (Lipinski definition) is 5. The monoisotopic (exact) mass is 443 g/mol. The first kappa shape index (κ1) is 21.9. The molecule has 0 bridgehead atoms. The van der Waals surface area contributed by atoms with E-state index in [-0.39, 0.29) is 12.0 Å². The van der Waals surface area contributed by atoms with Gasteiger partial charge in [-0.15, -0.1) is 0 Å². The molecule has 2 aliphatic heterocycles. The molecule has 1 amide bonds. The Hall–Kier alpha value is -2.28. The number of halogens is 1. The van der Waals surface area contributed by atoms with Crippen molar-refractivity contribution >= 4 is 23.2 Å². The van der Waals surface area contributed by atoms with E-state index in [0.29, 0.717) is 53.7 Å². The summed E-state index contributed by atoms with van der Waals surface area (Å²) < 4.78 is 11.6. The van der Waals surface area contributed by atoms with Gasteiger partial charge in [0.1, 0.15) is 5.75 Å². The maximum atomic E-state index is 12.8. The number of morpholine rings is 1. The van der Waals surface area contributed by atoms with Crippen LogP contribution in [0.5, 0.6) is 5.75 Å². The molecule has 4 rings (SSSR count). The molecule has 3 N–H and O–H groups in total. The second-order valence-electron chi connectivity index (χ2n) is 8.37. The van der Waals surface area contributed by atoms with Gasteiger partial charge in [-0.05, 0) is 37.3 Å². The summed E-state index contributed by atoms with van der Waals surface area (Å²) in [6.45, 7) is 5.36. The number of nitrogens with zero attached hydrogens (tertiary/aromatic N) is 1. The number of ether oxygens (including phenoxy) is 2. The van der Waals surface area contributed by atoms with Crippen molar-refractivity contribution < 1.29 is 14.3 Å². The molecule has 2 aromatic rings. The number of rotatable bonds is 7. The Balaban J connectivity index is 1.31. The summed E-state index contributed by atoms with van der Waals surface area (Å²) in [4.78, 5) is 15.3. The van der Waals surface area contributed by atoms with Crippen molar-refractivity contribution in [3.8, 4) is 5.75 Å². The van der Waals surface area contributed by atoms with Crippen molar-refractivity contribution in [1.82, 2.24) is 10.2 Å². The molecule has 2 heterocycles. The fourth-order valence-electron chi connectivity index (χ4n) is 4.59. The summed E-state index contributed by atoms with van der Waals surface area (Å²) in [6.07, 6.45) is 2.23. The zero-order valence-corrected chi connectivity index (χ0v) is 18.6. The molecule has 7 heteroatoms. The Bertz CT molecular complexity index is 908. The smallest absolute Gasteiger partial charge is 0.255 e. The standard InChI is InChI=1S/C24H30ClN3O3/c1-2-30-23-11-22(26)21(25)10-20(23)24(29)27-12-19-14-28-13-17(9-18(28)15-31-19)8-16-6-4-3-5-7-16/h3-7,10-11,17-19H,2,8-9,12-15,26H2,1H3,(H,27,29)/t17-,18+,19-/m0/s1. The Morgan fingerprint density at radius 2 is 2.10 bits per heavy atom. The van der Waals surface area contributed by atoms with Gasteiger partial charge in [-0.2, -0.15) is 0 Å². The van der Waals surface area contributed by atoms with E-state index in [0.717, 1.165) is 25.9 Å². The second kappa shape index (κ2) is 9.90. The average molecular weight is 444 g/mol. The first-order valence-corrected chi connectivity index (χ1v) is 11.3. The largest absolute Gasteiger partial charge is 0.493 e. The van der Waals surface area contributed by atoms with Gasteiger partial charge in [0.2, 0.25) is 0 Å². The summed E-state index contributed by atoms with van der Waals surface area (Å²) in [6, 6.07) is 14.3. The Morgan fingerprint density at radius 3 is 2.87 bits per heavy atom.